The van der Waals surface area contributed by atoms with Crippen LogP contribution in [0.15, 0.2) is 35.7 Å². The summed E-state index contributed by atoms with van der Waals surface area (Å²) < 4.78 is 0. The van der Waals surface area contributed by atoms with Gasteiger partial charge in [0.25, 0.3) is 0 Å². The lowest BCUT2D eigenvalue weighted by molar-refractivity contribution is -0.118. The SMILES string of the molecule is CC1CN(c2cc(Cl)nc(SCC(=O)NCc3cccnc3)n2)CCN1C(=O)NC(C)(C)C. The lowest BCUT2D eigenvalue weighted by atomic mass is 10.1. The molecule has 0 radical (unpaired) electrons. The Labute approximate surface area is 203 Å². The lowest BCUT2D eigenvalue weighted by Gasteiger charge is -2.41. The smallest absolute Gasteiger partial charge is 0.318 e. The maximum absolute atomic E-state index is 12.6. The molecule has 1 aliphatic rings. The molecule has 1 fully saturated rings. The number of hydrogen-bond donors (Lipinski definition) is 2. The van der Waals surface area contributed by atoms with E-state index >= 15 is 0 Å². The van der Waals surface area contributed by atoms with Gasteiger partial charge in [0.05, 0.1) is 5.75 Å². The fourth-order valence-corrected chi connectivity index (χ4v) is 4.27. The average molecular weight is 492 g/mol. The minimum atomic E-state index is -0.287. The highest BCUT2D eigenvalue weighted by Gasteiger charge is 2.30. The zero-order chi connectivity index (χ0) is 24.0. The number of anilines is 1. The number of carbonyl (C=O) groups is 2. The van der Waals surface area contributed by atoms with Gasteiger partial charge in [-0.2, -0.15) is 0 Å². The number of nitrogens with zero attached hydrogens (tertiary/aromatic N) is 5. The molecule has 1 atom stereocenters. The third-order valence-corrected chi connectivity index (χ3v) is 5.94. The first-order valence-corrected chi connectivity index (χ1v) is 12.1. The first-order chi connectivity index (χ1) is 15.6. The number of pyridine rings is 1. The van der Waals surface area contributed by atoms with Crippen molar-refractivity contribution < 1.29 is 9.59 Å². The van der Waals surface area contributed by atoms with Crippen molar-refractivity contribution >= 4 is 41.1 Å². The minimum absolute atomic E-state index is 0.00389. The van der Waals surface area contributed by atoms with Crippen LogP contribution in [-0.4, -0.2) is 68.8 Å². The van der Waals surface area contributed by atoms with E-state index in [-0.39, 0.29) is 29.3 Å². The van der Waals surface area contributed by atoms with Crippen molar-refractivity contribution in [2.75, 3.05) is 30.3 Å². The van der Waals surface area contributed by atoms with Gasteiger partial charge in [-0.3, -0.25) is 9.78 Å². The molecule has 2 aromatic heterocycles. The summed E-state index contributed by atoms with van der Waals surface area (Å²) in [6, 6.07) is 5.38. The van der Waals surface area contributed by atoms with Crippen LogP contribution >= 0.6 is 23.4 Å². The zero-order valence-electron chi connectivity index (χ0n) is 19.3. The highest BCUT2D eigenvalue weighted by Crippen LogP contribution is 2.24. The molecule has 1 saturated heterocycles. The van der Waals surface area contributed by atoms with E-state index in [4.69, 9.17) is 11.6 Å². The monoisotopic (exact) mass is 491 g/mol. The van der Waals surface area contributed by atoms with E-state index in [0.717, 1.165) is 5.56 Å². The molecular weight excluding hydrogens is 462 g/mol. The third-order valence-electron chi connectivity index (χ3n) is 4.90. The first kappa shape index (κ1) is 25.0. The van der Waals surface area contributed by atoms with Crippen molar-refractivity contribution in [3.05, 3.63) is 41.3 Å². The number of aromatic nitrogens is 3. The highest BCUT2D eigenvalue weighted by molar-refractivity contribution is 7.99. The second-order valence-corrected chi connectivity index (χ2v) is 10.3. The Balaban J connectivity index is 1.55. The maximum atomic E-state index is 12.6. The maximum Gasteiger partial charge on any atom is 0.318 e. The van der Waals surface area contributed by atoms with E-state index in [1.54, 1.807) is 18.5 Å². The predicted molar refractivity (Wildman–Crippen MR) is 131 cm³/mol. The summed E-state index contributed by atoms with van der Waals surface area (Å²) >= 11 is 7.47. The number of halogens is 1. The number of nitrogens with one attached hydrogen (secondary N) is 2. The number of rotatable bonds is 6. The van der Waals surface area contributed by atoms with Crippen LogP contribution in [0.5, 0.6) is 0 Å². The molecule has 0 bridgehead atoms. The molecular formula is C22H30ClN7O2S. The minimum Gasteiger partial charge on any atom is -0.353 e. The van der Waals surface area contributed by atoms with Crippen molar-refractivity contribution in [2.45, 2.75) is 51.0 Å². The molecule has 178 valence electrons. The molecule has 3 rings (SSSR count). The number of hydrogen-bond acceptors (Lipinski definition) is 7. The molecule has 0 aliphatic carbocycles. The van der Waals surface area contributed by atoms with Crippen LogP contribution in [0.2, 0.25) is 5.15 Å². The Bertz CT molecular complexity index is 971. The molecule has 1 aliphatic heterocycles. The van der Waals surface area contributed by atoms with E-state index in [0.29, 0.717) is 42.3 Å². The second-order valence-electron chi connectivity index (χ2n) is 8.93. The Kier molecular flexibility index (Phi) is 8.36. The molecule has 3 heterocycles. The van der Waals surface area contributed by atoms with Crippen LogP contribution in [0.3, 0.4) is 0 Å². The van der Waals surface area contributed by atoms with Crippen LogP contribution in [0, 0.1) is 0 Å². The highest BCUT2D eigenvalue weighted by atomic mass is 35.5. The number of amides is 3. The number of piperazine rings is 1. The van der Waals surface area contributed by atoms with Gasteiger partial charge in [0.15, 0.2) is 5.16 Å². The molecule has 0 spiro atoms. The Hall–Kier alpha value is -2.59. The Morgan fingerprint density at radius 2 is 2.06 bits per heavy atom. The van der Waals surface area contributed by atoms with Gasteiger partial charge in [-0.15, -0.1) is 0 Å². The van der Waals surface area contributed by atoms with Crippen molar-refractivity contribution in [1.29, 1.82) is 0 Å². The van der Waals surface area contributed by atoms with Crippen molar-refractivity contribution in [1.82, 2.24) is 30.5 Å². The van der Waals surface area contributed by atoms with Crippen LogP contribution in [-0.2, 0) is 11.3 Å². The number of thioether (sulfide) groups is 1. The van der Waals surface area contributed by atoms with Gasteiger partial charge in [0.2, 0.25) is 5.91 Å². The molecule has 2 aromatic rings. The lowest BCUT2D eigenvalue weighted by Crippen LogP contribution is -2.59. The van der Waals surface area contributed by atoms with E-state index in [2.05, 4.69) is 30.5 Å². The van der Waals surface area contributed by atoms with Crippen molar-refractivity contribution in [3.63, 3.8) is 0 Å². The van der Waals surface area contributed by atoms with Crippen LogP contribution in [0.4, 0.5) is 10.6 Å². The summed E-state index contributed by atoms with van der Waals surface area (Å²) in [7, 11) is 0. The van der Waals surface area contributed by atoms with Gasteiger partial charge in [0.1, 0.15) is 11.0 Å². The van der Waals surface area contributed by atoms with E-state index in [9.17, 15) is 9.59 Å². The summed E-state index contributed by atoms with van der Waals surface area (Å²) in [5.74, 6) is 0.745. The standard InChI is InChI=1S/C22H30ClN7O2S/c1-15-13-29(8-9-30(15)21(32)28-22(2,3)4)18-10-17(23)26-20(27-18)33-14-19(31)25-12-16-6-5-7-24-11-16/h5-7,10-11,15H,8-9,12-14H2,1-4H3,(H,25,31)(H,28,32). The summed E-state index contributed by atoms with van der Waals surface area (Å²) in [5.41, 5.74) is 0.645. The molecule has 3 amide bonds. The quantitative estimate of drug-likeness (QED) is 0.363. The zero-order valence-corrected chi connectivity index (χ0v) is 20.9. The Morgan fingerprint density at radius 3 is 2.73 bits per heavy atom. The summed E-state index contributed by atoms with van der Waals surface area (Å²) in [6.45, 7) is 10.2. The van der Waals surface area contributed by atoms with Crippen molar-refractivity contribution in [3.8, 4) is 0 Å². The van der Waals surface area contributed by atoms with Crippen LogP contribution < -0.4 is 15.5 Å². The number of carbonyl (C=O) groups excluding carboxylic acids is 2. The van der Waals surface area contributed by atoms with Gasteiger partial charge in [-0.1, -0.05) is 29.4 Å². The van der Waals surface area contributed by atoms with Gasteiger partial charge in [0, 0.05) is 56.2 Å². The summed E-state index contributed by atoms with van der Waals surface area (Å²) in [6.07, 6.45) is 3.41. The molecule has 0 aromatic carbocycles. The number of urea groups is 1. The van der Waals surface area contributed by atoms with Crippen LogP contribution in [0.25, 0.3) is 0 Å². The first-order valence-electron chi connectivity index (χ1n) is 10.8. The van der Waals surface area contributed by atoms with E-state index in [1.807, 2.05) is 44.7 Å². The topological polar surface area (TPSA) is 103 Å². The van der Waals surface area contributed by atoms with Crippen LogP contribution in [0.1, 0.15) is 33.3 Å². The van der Waals surface area contributed by atoms with E-state index < -0.39 is 0 Å². The molecule has 0 saturated carbocycles. The Morgan fingerprint density at radius 1 is 1.27 bits per heavy atom. The molecule has 11 heteroatoms. The second kappa shape index (κ2) is 11.0. The third kappa shape index (κ3) is 7.75. The molecule has 33 heavy (non-hydrogen) atoms. The predicted octanol–water partition coefficient (Wildman–Crippen LogP) is 2.95. The molecule has 1 unspecified atom stereocenters. The largest absolute Gasteiger partial charge is 0.353 e. The fraction of sp³-hybridized carbons (Fsp3) is 0.500. The molecule has 9 nitrogen and oxygen atoms in total. The van der Waals surface area contributed by atoms with Gasteiger partial charge >= 0.3 is 6.03 Å². The van der Waals surface area contributed by atoms with Crippen molar-refractivity contribution in [2.24, 2.45) is 0 Å². The van der Waals surface area contributed by atoms with Gasteiger partial charge in [-0.25, -0.2) is 14.8 Å². The van der Waals surface area contributed by atoms with E-state index in [1.165, 1.54) is 11.8 Å². The summed E-state index contributed by atoms with van der Waals surface area (Å²) in [4.78, 5) is 41.6. The average Bonchev–Trinajstić information content (AvgIpc) is 2.75. The van der Waals surface area contributed by atoms with Gasteiger partial charge < -0.3 is 20.4 Å². The fourth-order valence-electron chi connectivity index (χ4n) is 3.36. The normalized spacial score (nSPS) is 16.5. The molecule has 2 N–H and O–H groups in total. The van der Waals surface area contributed by atoms with Gasteiger partial charge in [-0.05, 0) is 39.3 Å². The summed E-state index contributed by atoms with van der Waals surface area (Å²) in [5, 5.41) is 6.63.